The van der Waals surface area contributed by atoms with Crippen molar-refractivity contribution in [1.29, 1.82) is 0 Å². The fraction of sp³-hybridized carbons (Fsp3) is 0.222. The molecule has 220 valence electrons. The number of fused-ring (bicyclic) bond motifs is 2. The molecular formula is C36H32N4O4. The lowest BCUT2D eigenvalue weighted by molar-refractivity contribution is 0.0154. The third kappa shape index (κ3) is 3.98. The minimum atomic E-state index is -0.663. The summed E-state index contributed by atoms with van der Waals surface area (Å²) in [4.78, 5) is 59.9. The molecule has 0 saturated carbocycles. The van der Waals surface area contributed by atoms with Crippen molar-refractivity contribution in [2.24, 2.45) is 0 Å². The van der Waals surface area contributed by atoms with Crippen molar-refractivity contribution in [1.82, 2.24) is 20.0 Å². The van der Waals surface area contributed by atoms with E-state index >= 15 is 0 Å². The van der Waals surface area contributed by atoms with Crippen molar-refractivity contribution in [3.8, 4) is 0 Å². The van der Waals surface area contributed by atoms with Gasteiger partial charge in [-0.15, -0.1) is 0 Å². The highest BCUT2D eigenvalue weighted by Gasteiger charge is 2.41. The first-order valence-electron chi connectivity index (χ1n) is 14.9. The van der Waals surface area contributed by atoms with E-state index in [2.05, 4.69) is 5.32 Å². The van der Waals surface area contributed by atoms with E-state index in [1.54, 1.807) is 25.1 Å². The van der Waals surface area contributed by atoms with Crippen LogP contribution in [0.2, 0.25) is 0 Å². The Balaban J connectivity index is 1.19. The highest BCUT2D eigenvalue weighted by atomic mass is 16.2. The molecule has 8 nitrogen and oxygen atoms in total. The Labute approximate surface area is 254 Å². The summed E-state index contributed by atoms with van der Waals surface area (Å²) in [6, 6.07) is 26.3. The van der Waals surface area contributed by atoms with Gasteiger partial charge in [0, 0.05) is 27.5 Å². The average molecular weight is 585 g/mol. The molecule has 2 aliphatic heterocycles. The van der Waals surface area contributed by atoms with E-state index in [1.165, 1.54) is 9.80 Å². The SMILES string of the molecule is CCC(NC(C)N1C(=O)c2cccc3cccc(c23)C1=O)N(C)C(C)N1C(=O)c2cccc3cc4ccccc4c(c23)C1=O. The molecule has 0 bridgehead atoms. The molecule has 0 aromatic heterocycles. The van der Waals surface area contributed by atoms with Crippen LogP contribution in [0.3, 0.4) is 0 Å². The fourth-order valence-corrected chi connectivity index (χ4v) is 6.92. The van der Waals surface area contributed by atoms with E-state index in [0.717, 1.165) is 21.5 Å². The number of hydrogen-bond donors (Lipinski definition) is 1. The molecule has 2 heterocycles. The quantitative estimate of drug-likeness (QED) is 0.144. The molecule has 0 saturated heterocycles. The van der Waals surface area contributed by atoms with Crippen LogP contribution in [0, 0.1) is 0 Å². The largest absolute Gasteiger partial charge is 0.281 e. The number of hydrogen-bond acceptors (Lipinski definition) is 6. The van der Waals surface area contributed by atoms with Crippen LogP contribution in [0.5, 0.6) is 0 Å². The zero-order valence-electron chi connectivity index (χ0n) is 25.0. The average Bonchev–Trinajstić information content (AvgIpc) is 3.03. The van der Waals surface area contributed by atoms with Crippen molar-refractivity contribution in [3.63, 3.8) is 0 Å². The van der Waals surface area contributed by atoms with Crippen molar-refractivity contribution in [2.45, 2.75) is 45.7 Å². The molecule has 3 unspecified atom stereocenters. The van der Waals surface area contributed by atoms with Crippen LogP contribution in [0.15, 0.2) is 84.9 Å². The normalized spacial score (nSPS) is 16.8. The smallest absolute Gasteiger partial charge is 0.263 e. The Morgan fingerprint density at radius 2 is 1.20 bits per heavy atom. The first kappa shape index (κ1) is 27.9. The monoisotopic (exact) mass is 584 g/mol. The van der Waals surface area contributed by atoms with Crippen molar-refractivity contribution < 1.29 is 19.2 Å². The Kier molecular flexibility index (Phi) is 6.57. The second-order valence-corrected chi connectivity index (χ2v) is 11.6. The van der Waals surface area contributed by atoms with Crippen LogP contribution in [-0.4, -0.2) is 63.9 Å². The van der Waals surface area contributed by atoms with E-state index < -0.39 is 12.3 Å². The number of amides is 4. The Morgan fingerprint density at radius 3 is 1.84 bits per heavy atom. The van der Waals surface area contributed by atoms with Gasteiger partial charge in [-0.1, -0.05) is 67.6 Å². The number of imide groups is 2. The molecule has 4 amide bonds. The van der Waals surface area contributed by atoms with Gasteiger partial charge in [0.2, 0.25) is 0 Å². The van der Waals surface area contributed by atoms with Crippen LogP contribution in [0.4, 0.5) is 0 Å². The van der Waals surface area contributed by atoms with Crippen LogP contribution < -0.4 is 5.32 Å². The molecule has 0 fully saturated rings. The molecule has 8 heteroatoms. The van der Waals surface area contributed by atoms with E-state index in [9.17, 15) is 19.2 Å². The summed E-state index contributed by atoms with van der Waals surface area (Å²) in [6.07, 6.45) is -1.09. The molecule has 5 aromatic rings. The van der Waals surface area contributed by atoms with Crippen molar-refractivity contribution >= 4 is 55.9 Å². The lowest BCUT2D eigenvalue weighted by Gasteiger charge is -2.42. The van der Waals surface area contributed by atoms with Crippen molar-refractivity contribution in [3.05, 3.63) is 107 Å². The van der Waals surface area contributed by atoms with Crippen LogP contribution in [0.1, 0.15) is 68.6 Å². The molecular weight excluding hydrogens is 552 g/mol. The van der Waals surface area contributed by atoms with Crippen LogP contribution in [0.25, 0.3) is 32.3 Å². The first-order valence-corrected chi connectivity index (χ1v) is 14.9. The standard InChI is InChI=1S/C36H32N4O4/c1-5-29(37-20(2)39-33(41)26-16-8-12-22-13-9-17-27(30(22)26)34(39)42)38(4)21(3)40-35(43)28-18-10-14-24-19-23-11-6-7-15-25(23)32(31(24)28)36(40)44/h6-21,29,37H,5H2,1-4H3. The van der Waals surface area contributed by atoms with Gasteiger partial charge >= 0.3 is 0 Å². The molecule has 0 spiro atoms. The lowest BCUT2D eigenvalue weighted by Crippen LogP contribution is -2.61. The van der Waals surface area contributed by atoms with Crippen molar-refractivity contribution in [2.75, 3.05) is 7.05 Å². The lowest BCUT2D eigenvalue weighted by atomic mass is 9.89. The summed E-state index contributed by atoms with van der Waals surface area (Å²) in [6.45, 7) is 5.59. The summed E-state index contributed by atoms with van der Waals surface area (Å²) < 4.78 is 0. The zero-order chi connectivity index (χ0) is 30.9. The topological polar surface area (TPSA) is 90.0 Å². The van der Waals surface area contributed by atoms with Gasteiger partial charge in [0.15, 0.2) is 0 Å². The second kappa shape index (κ2) is 10.4. The maximum Gasteiger partial charge on any atom is 0.263 e. The summed E-state index contributed by atoms with van der Waals surface area (Å²) in [5.74, 6) is -1.41. The molecule has 5 aromatic carbocycles. The van der Waals surface area contributed by atoms with Gasteiger partial charge in [-0.2, -0.15) is 0 Å². The number of carbonyl (C=O) groups is 4. The van der Waals surface area contributed by atoms with Gasteiger partial charge in [-0.3, -0.25) is 39.2 Å². The van der Waals surface area contributed by atoms with E-state index in [-0.39, 0.29) is 29.8 Å². The minimum absolute atomic E-state index is 0.344. The summed E-state index contributed by atoms with van der Waals surface area (Å²) in [5, 5.41) is 8.25. The second-order valence-electron chi connectivity index (χ2n) is 11.6. The van der Waals surface area contributed by atoms with E-state index in [0.29, 0.717) is 39.4 Å². The summed E-state index contributed by atoms with van der Waals surface area (Å²) in [5.41, 5.74) is 2.01. The highest BCUT2D eigenvalue weighted by Crippen LogP contribution is 2.37. The Morgan fingerprint density at radius 1 is 0.659 bits per heavy atom. The van der Waals surface area contributed by atoms with Gasteiger partial charge in [0.05, 0.1) is 24.1 Å². The molecule has 44 heavy (non-hydrogen) atoms. The van der Waals surface area contributed by atoms with Gasteiger partial charge < -0.3 is 0 Å². The predicted octanol–water partition coefficient (Wildman–Crippen LogP) is 5.99. The first-order chi connectivity index (χ1) is 21.2. The number of carbonyl (C=O) groups excluding carboxylic acids is 4. The number of nitrogens with one attached hydrogen (secondary N) is 1. The molecule has 0 aliphatic carbocycles. The minimum Gasteiger partial charge on any atom is -0.281 e. The van der Waals surface area contributed by atoms with Gasteiger partial charge in [-0.05, 0) is 73.1 Å². The zero-order valence-corrected chi connectivity index (χ0v) is 25.0. The van der Waals surface area contributed by atoms with E-state index in [4.69, 9.17) is 0 Å². The number of benzene rings is 5. The maximum atomic E-state index is 14.2. The molecule has 1 N–H and O–H groups in total. The van der Waals surface area contributed by atoms with Crippen LogP contribution >= 0.6 is 0 Å². The summed E-state index contributed by atoms with van der Waals surface area (Å²) in [7, 11) is 1.84. The third-order valence-electron chi connectivity index (χ3n) is 9.24. The van der Waals surface area contributed by atoms with Gasteiger partial charge in [-0.25, -0.2) is 0 Å². The third-order valence-corrected chi connectivity index (χ3v) is 9.24. The van der Waals surface area contributed by atoms with Gasteiger partial charge in [0.1, 0.15) is 0 Å². The Hall–Kier alpha value is -4.92. The van der Waals surface area contributed by atoms with E-state index in [1.807, 2.05) is 92.5 Å². The highest BCUT2D eigenvalue weighted by molar-refractivity contribution is 6.30. The van der Waals surface area contributed by atoms with Crippen LogP contribution in [-0.2, 0) is 0 Å². The Bertz CT molecular complexity index is 2000. The molecule has 0 radical (unpaired) electrons. The molecule has 2 aliphatic rings. The molecule has 7 rings (SSSR count). The van der Waals surface area contributed by atoms with Gasteiger partial charge in [0.25, 0.3) is 23.6 Å². The fourth-order valence-electron chi connectivity index (χ4n) is 6.92. The molecule has 3 atom stereocenters. The maximum absolute atomic E-state index is 14.2. The summed E-state index contributed by atoms with van der Waals surface area (Å²) >= 11 is 0. The number of rotatable bonds is 7. The predicted molar refractivity (Wildman–Crippen MR) is 170 cm³/mol. The number of nitrogens with zero attached hydrogens (tertiary/aromatic N) is 3.